The molecule has 0 atom stereocenters. The largest absolute Gasteiger partial charge is 0.462 e. The van der Waals surface area contributed by atoms with Gasteiger partial charge in [0.05, 0.1) is 6.26 Å². The van der Waals surface area contributed by atoms with Crippen LogP contribution in [0.1, 0.15) is 36.3 Å². The van der Waals surface area contributed by atoms with Crippen LogP contribution in [0.3, 0.4) is 0 Å². The van der Waals surface area contributed by atoms with E-state index >= 15 is 0 Å². The average molecular weight is 518 g/mol. The molecule has 6 rings (SSSR count). The Bertz CT molecular complexity index is 1330. The Hall–Kier alpha value is -2.95. The van der Waals surface area contributed by atoms with Crippen molar-refractivity contribution in [2.45, 2.75) is 38.8 Å². The third-order valence-corrected chi connectivity index (χ3v) is 7.30. The van der Waals surface area contributed by atoms with E-state index in [1.54, 1.807) is 19.3 Å². The van der Waals surface area contributed by atoms with Gasteiger partial charge in [-0.2, -0.15) is 0 Å². The molecular weight excluding hydrogens is 482 g/mol. The van der Waals surface area contributed by atoms with Crippen molar-refractivity contribution in [3.8, 4) is 0 Å². The van der Waals surface area contributed by atoms with Gasteiger partial charge in [-0.3, -0.25) is 9.97 Å². The summed E-state index contributed by atoms with van der Waals surface area (Å²) in [6.07, 6.45) is 12.4. The molecule has 0 aliphatic carbocycles. The van der Waals surface area contributed by atoms with Crippen LogP contribution < -0.4 is 0 Å². The lowest BCUT2D eigenvalue weighted by atomic mass is 9.80. The topological polar surface area (TPSA) is 119 Å². The van der Waals surface area contributed by atoms with Gasteiger partial charge in [-0.05, 0) is 88.3 Å². The van der Waals surface area contributed by atoms with Gasteiger partial charge in [-0.25, -0.2) is 0 Å². The molecule has 4 aromatic rings. The molecule has 3 N–H and O–H groups in total. The Morgan fingerprint density at radius 1 is 0.842 bits per heavy atom. The molecule has 0 unspecified atom stereocenters. The SMILES string of the molecule is CB(O)N1CC=C(c2coc3cccnc23)CC1.CB(O)N1CCC(c2coc3cccnc23)CC1.CO. The molecule has 0 aromatic carbocycles. The number of aliphatic hydroxyl groups is 1. The number of aromatic nitrogens is 2. The normalized spacial score (nSPS) is 16.8. The van der Waals surface area contributed by atoms with E-state index in [0.29, 0.717) is 5.92 Å². The van der Waals surface area contributed by atoms with E-state index in [0.717, 1.165) is 80.3 Å². The zero-order valence-corrected chi connectivity index (χ0v) is 22.3. The molecule has 2 aliphatic heterocycles. The van der Waals surface area contributed by atoms with Crippen molar-refractivity contribution in [1.29, 1.82) is 0 Å². The Kier molecular flexibility index (Phi) is 9.76. The summed E-state index contributed by atoms with van der Waals surface area (Å²) in [6.45, 7) is 7.13. The van der Waals surface area contributed by atoms with Gasteiger partial charge in [0.25, 0.3) is 0 Å². The molecule has 0 bridgehead atoms. The highest BCUT2D eigenvalue weighted by molar-refractivity contribution is 6.45. The van der Waals surface area contributed by atoms with Crippen LogP contribution in [0.4, 0.5) is 0 Å². The maximum Gasteiger partial charge on any atom is 0.376 e. The molecule has 1 fully saturated rings. The quantitative estimate of drug-likeness (QED) is 0.347. The lowest BCUT2D eigenvalue weighted by Gasteiger charge is -2.32. The second-order valence-electron chi connectivity index (χ2n) is 9.59. The molecule has 0 saturated carbocycles. The van der Waals surface area contributed by atoms with E-state index in [-0.39, 0.29) is 14.1 Å². The minimum atomic E-state index is -0.387. The summed E-state index contributed by atoms with van der Waals surface area (Å²) >= 11 is 0. The van der Waals surface area contributed by atoms with Crippen LogP contribution in [-0.2, 0) is 0 Å². The fourth-order valence-corrected chi connectivity index (χ4v) is 5.12. The van der Waals surface area contributed by atoms with Crippen LogP contribution in [0.2, 0.25) is 13.6 Å². The summed E-state index contributed by atoms with van der Waals surface area (Å²) in [7, 11) is 0.271. The van der Waals surface area contributed by atoms with Crippen LogP contribution in [-0.4, -0.2) is 82.1 Å². The molecule has 200 valence electrons. The molecule has 0 amide bonds. The number of nitrogens with zero attached hydrogens (tertiary/aromatic N) is 4. The molecule has 6 heterocycles. The number of piperidine rings is 1. The molecular formula is C27H36B2N4O5. The minimum absolute atomic E-state index is 0.342. The van der Waals surface area contributed by atoms with Crippen LogP contribution in [0.5, 0.6) is 0 Å². The van der Waals surface area contributed by atoms with Gasteiger partial charge >= 0.3 is 14.1 Å². The molecule has 11 heteroatoms. The number of hydrogen-bond donors (Lipinski definition) is 3. The summed E-state index contributed by atoms with van der Waals surface area (Å²) in [5, 5.41) is 26.1. The van der Waals surface area contributed by atoms with Gasteiger partial charge in [0, 0.05) is 37.2 Å². The molecule has 0 spiro atoms. The van der Waals surface area contributed by atoms with E-state index in [2.05, 4.69) is 20.9 Å². The van der Waals surface area contributed by atoms with Crippen LogP contribution in [0.25, 0.3) is 27.8 Å². The smallest absolute Gasteiger partial charge is 0.376 e. The molecule has 4 aromatic heterocycles. The predicted molar refractivity (Wildman–Crippen MR) is 152 cm³/mol. The second kappa shape index (κ2) is 13.2. The number of pyridine rings is 2. The lowest BCUT2D eigenvalue weighted by molar-refractivity contribution is 0.289. The highest BCUT2D eigenvalue weighted by Gasteiger charge is 2.27. The van der Waals surface area contributed by atoms with Crippen molar-refractivity contribution in [1.82, 2.24) is 19.6 Å². The van der Waals surface area contributed by atoms with Crippen molar-refractivity contribution >= 4 is 41.9 Å². The number of fused-ring (bicyclic) bond motifs is 2. The fraction of sp³-hybridized carbons (Fsp3) is 0.407. The third-order valence-electron chi connectivity index (χ3n) is 7.30. The lowest BCUT2D eigenvalue weighted by Crippen LogP contribution is -2.42. The molecule has 38 heavy (non-hydrogen) atoms. The Morgan fingerprint density at radius 2 is 1.45 bits per heavy atom. The Balaban J connectivity index is 0.000000166. The van der Waals surface area contributed by atoms with Crippen molar-refractivity contribution in [2.24, 2.45) is 0 Å². The summed E-state index contributed by atoms with van der Waals surface area (Å²) in [4.78, 5) is 12.9. The molecule has 2 aliphatic rings. The van der Waals surface area contributed by atoms with E-state index < -0.39 is 0 Å². The zero-order valence-electron chi connectivity index (χ0n) is 22.3. The van der Waals surface area contributed by atoms with Crippen molar-refractivity contribution in [3.63, 3.8) is 0 Å². The first kappa shape index (κ1) is 28.1. The highest BCUT2D eigenvalue weighted by atomic mass is 16.3. The van der Waals surface area contributed by atoms with Gasteiger partial charge in [0.2, 0.25) is 0 Å². The first-order valence-electron chi connectivity index (χ1n) is 13.1. The van der Waals surface area contributed by atoms with Gasteiger partial charge in [0.15, 0.2) is 11.2 Å². The minimum Gasteiger partial charge on any atom is -0.462 e. The highest BCUT2D eigenvalue weighted by Crippen LogP contribution is 2.33. The van der Waals surface area contributed by atoms with Crippen molar-refractivity contribution < 1.29 is 24.0 Å². The number of hydrogen-bond acceptors (Lipinski definition) is 9. The average Bonchev–Trinajstić information content (AvgIpc) is 3.59. The van der Waals surface area contributed by atoms with E-state index in [4.69, 9.17) is 13.9 Å². The summed E-state index contributed by atoms with van der Waals surface area (Å²) in [5.74, 6) is 0.496. The van der Waals surface area contributed by atoms with Gasteiger partial charge in [-0.1, -0.05) is 6.08 Å². The molecule has 9 nitrogen and oxygen atoms in total. The van der Waals surface area contributed by atoms with Crippen LogP contribution >= 0.6 is 0 Å². The summed E-state index contributed by atoms with van der Waals surface area (Å²) < 4.78 is 11.1. The predicted octanol–water partition coefficient (Wildman–Crippen LogP) is 3.75. The van der Waals surface area contributed by atoms with E-state index in [9.17, 15) is 10.0 Å². The Morgan fingerprint density at radius 3 is 2.05 bits per heavy atom. The van der Waals surface area contributed by atoms with Gasteiger partial charge < -0.3 is 33.6 Å². The molecule has 0 radical (unpaired) electrons. The number of aliphatic hydroxyl groups excluding tert-OH is 1. The standard InChI is InChI=1S/C13H17BN2O2.C13H15BN2O2.CH4O/c2*1-14(17)16-7-4-10(5-8-16)11-9-18-12-3-2-6-15-13(11)12;1-2/h2-3,6,9-10,17H,4-5,7-8H2,1H3;2-4,6,9,17H,5,7-8H2,1H3;2H,1H3. The molecule has 1 saturated heterocycles. The van der Waals surface area contributed by atoms with Crippen LogP contribution in [0.15, 0.2) is 64.1 Å². The second-order valence-corrected chi connectivity index (χ2v) is 9.59. The summed E-state index contributed by atoms with van der Waals surface area (Å²) in [6, 6.07) is 7.65. The summed E-state index contributed by atoms with van der Waals surface area (Å²) in [5.41, 5.74) is 7.16. The van der Waals surface area contributed by atoms with Crippen molar-refractivity contribution in [2.75, 3.05) is 33.3 Å². The van der Waals surface area contributed by atoms with E-state index in [1.165, 1.54) is 11.1 Å². The fourth-order valence-electron chi connectivity index (χ4n) is 5.12. The monoisotopic (exact) mass is 518 g/mol. The number of furan rings is 2. The maximum absolute atomic E-state index is 9.56. The zero-order chi connectivity index (χ0) is 27.1. The number of rotatable bonds is 4. The first-order valence-corrected chi connectivity index (χ1v) is 13.1. The maximum atomic E-state index is 9.56. The van der Waals surface area contributed by atoms with E-state index in [1.807, 2.05) is 48.4 Å². The van der Waals surface area contributed by atoms with Crippen LogP contribution in [0, 0.1) is 0 Å². The third kappa shape index (κ3) is 6.36. The van der Waals surface area contributed by atoms with Gasteiger partial charge in [0.1, 0.15) is 17.3 Å². The van der Waals surface area contributed by atoms with Gasteiger partial charge in [-0.15, -0.1) is 0 Å². The Labute approximate surface area is 224 Å². The van der Waals surface area contributed by atoms with Crippen molar-refractivity contribution in [3.05, 3.63) is 66.4 Å². The first-order chi connectivity index (χ1) is 18.5.